The highest BCUT2D eigenvalue weighted by molar-refractivity contribution is 7.99. The average Bonchev–Trinajstić information content (AvgIpc) is 3.17. The fourth-order valence-electron chi connectivity index (χ4n) is 5.87. The number of aliphatic hydroxyl groups excluding tert-OH is 1. The van der Waals surface area contributed by atoms with E-state index in [2.05, 4.69) is 10.0 Å². The summed E-state index contributed by atoms with van der Waals surface area (Å²) in [5, 5.41) is 21.6. The average molecular weight is 753 g/mol. The number of hydrogen-bond acceptors (Lipinski definition) is 8. The van der Waals surface area contributed by atoms with Gasteiger partial charge in [-0.15, -0.1) is 11.8 Å². The quantitative estimate of drug-likeness (QED) is 0.0875. The minimum Gasteiger partial charge on any atom is -0.478 e. The molecule has 5 aromatic rings. The first-order valence-electron chi connectivity index (χ1n) is 17.1. The van der Waals surface area contributed by atoms with Crippen molar-refractivity contribution in [3.8, 4) is 0 Å². The Kier molecular flexibility index (Phi) is 12.4. The number of rotatable bonds is 14. The summed E-state index contributed by atoms with van der Waals surface area (Å²) >= 11 is 1.56. The summed E-state index contributed by atoms with van der Waals surface area (Å²) in [7, 11) is -4.00. The maximum atomic E-state index is 13.7. The normalized spacial score (nSPS) is 17.9. The minimum absolute atomic E-state index is 0.0635. The maximum Gasteiger partial charge on any atom is 0.335 e. The highest BCUT2D eigenvalue weighted by Gasteiger charge is 2.33. The van der Waals surface area contributed by atoms with Gasteiger partial charge in [0.2, 0.25) is 15.9 Å². The molecule has 0 aliphatic carbocycles. The summed E-state index contributed by atoms with van der Waals surface area (Å²) in [5.74, 6) is -0.901. The molecule has 53 heavy (non-hydrogen) atoms. The standard InChI is InChI=1S/C41H40N2O8S2/c1-27-7-21-36(22-8-27)53(48,49)43-37(23-28-5-3-2-4-6-28)39(45)42-33-17-13-32(14-18-33)41-50-34(26-52-35-19-15-31(16-20-35)40(46)47)24-38(51-41)30-11-9-29(25-44)10-12-30/h2-22,34,37-38,41,43-44H,23-26H2,1H3,(H,42,45)(H,46,47)/t34-,37-,38+,41+/m1/s1. The molecular weight excluding hydrogens is 713 g/mol. The number of hydrogen-bond donors (Lipinski definition) is 4. The molecule has 274 valence electrons. The highest BCUT2D eigenvalue weighted by Crippen LogP contribution is 2.39. The smallest absolute Gasteiger partial charge is 0.335 e. The second-order valence-corrected chi connectivity index (χ2v) is 15.6. The van der Waals surface area contributed by atoms with Crippen molar-refractivity contribution in [2.45, 2.75) is 60.7 Å². The number of benzene rings is 5. The van der Waals surface area contributed by atoms with Gasteiger partial charge in [0.05, 0.1) is 29.3 Å². The Morgan fingerprint density at radius 1 is 0.811 bits per heavy atom. The number of carbonyl (C=O) groups is 2. The van der Waals surface area contributed by atoms with Gasteiger partial charge in [-0.3, -0.25) is 4.79 Å². The molecule has 0 radical (unpaired) electrons. The first kappa shape index (κ1) is 37.9. The van der Waals surface area contributed by atoms with E-state index in [4.69, 9.17) is 9.47 Å². The number of carboxylic acid groups (broad SMARTS) is 1. The van der Waals surface area contributed by atoms with Crippen molar-refractivity contribution in [1.29, 1.82) is 0 Å². The molecule has 1 amide bonds. The van der Waals surface area contributed by atoms with E-state index in [1.807, 2.05) is 61.5 Å². The SMILES string of the molecule is Cc1ccc(S(=O)(=O)N[C@H](Cc2ccccc2)C(=O)Nc2ccc([C@H]3O[C@@H](CSc4ccc(C(=O)O)cc4)C[C@@H](c4ccc(CO)cc4)O3)cc2)cc1. The first-order chi connectivity index (χ1) is 25.6. The van der Waals surface area contributed by atoms with E-state index in [0.29, 0.717) is 17.9 Å². The number of aromatic carboxylic acids is 1. The number of aryl methyl sites for hydroxylation is 1. The lowest BCUT2D eigenvalue weighted by Gasteiger charge is -2.36. The van der Waals surface area contributed by atoms with Gasteiger partial charge >= 0.3 is 5.97 Å². The lowest BCUT2D eigenvalue weighted by atomic mass is 10.0. The van der Waals surface area contributed by atoms with E-state index in [-0.39, 0.29) is 35.7 Å². The predicted molar refractivity (Wildman–Crippen MR) is 203 cm³/mol. The number of carbonyl (C=O) groups excluding carboxylic acids is 1. The first-order valence-corrected chi connectivity index (χ1v) is 19.5. The van der Waals surface area contributed by atoms with Crippen molar-refractivity contribution in [3.05, 3.63) is 161 Å². The third-order valence-electron chi connectivity index (χ3n) is 8.83. The number of ether oxygens (including phenoxy) is 2. The van der Waals surface area contributed by atoms with Gasteiger partial charge in [0.15, 0.2) is 6.29 Å². The summed E-state index contributed by atoms with van der Waals surface area (Å²) in [4.78, 5) is 25.9. The molecular formula is C41H40N2O8S2. The van der Waals surface area contributed by atoms with E-state index in [0.717, 1.165) is 32.7 Å². The van der Waals surface area contributed by atoms with Gasteiger partial charge in [-0.05, 0) is 78.6 Å². The number of amides is 1. The molecule has 6 rings (SSSR count). The third kappa shape index (κ3) is 10.2. The molecule has 10 nitrogen and oxygen atoms in total. The van der Waals surface area contributed by atoms with Crippen molar-refractivity contribution in [1.82, 2.24) is 4.72 Å². The van der Waals surface area contributed by atoms with Crippen LogP contribution in [-0.2, 0) is 37.3 Å². The summed E-state index contributed by atoms with van der Waals surface area (Å²) in [5.41, 5.74) is 4.86. The third-order valence-corrected chi connectivity index (χ3v) is 11.5. The van der Waals surface area contributed by atoms with E-state index in [1.165, 1.54) is 12.1 Å². The van der Waals surface area contributed by atoms with Crippen molar-refractivity contribution >= 4 is 39.3 Å². The van der Waals surface area contributed by atoms with Gasteiger partial charge < -0.3 is 25.0 Å². The van der Waals surface area contributed by atoms with Crippen LogP contribution in [0.25, 0.3) is 0 Å². The fourth-order valence-corrected chi connectivity index (χ4v) is 7.99. The van der Waals surface area contributed by atoms with Gasteiger partial charge in [-0.2, -0.15) is 4.72 Å². The predicted octanol–water partition coefficient (Wildman–Crippen LogP) is 7.05. The molecule has 0 unspecified atom stereocenters. The van der Waals surface area contributed by atoms with Crippen LogP contribution in [-0.4, -0.2) is 48.4 Å². The second kappa shape index (κ2) is 17.3. The molecule has 5 aromatic carbocycles. The molecule has 0 aromatic heterocycles. The Labute approximate surface area is 313 Å². The summed E-state index contributed by atoms with van der Waals surface area (Å²) in [6, 6.07) is 35.9. The van der Waals surface area contributed by atoms with Crippen LogP contribution in [0.5, 0.6) is 0 Å². The zero-order valence-corrected chi connectivity index (χ0v) is 30.6. The fraction of sp³-hybridized carbons (Fsp3) is 0.220. The molecule has 1 aliphatic rings. The number of sulfonamides is 1. The number of nitrogens with one attached hydrogen (secondary N) is 2. The van der Waals surface area contributed by atoms with E-state index in [9.17, 15) is 28.2 Å². The van der Waals surface area contributed by atoms with Crippen LogP contribution in [0.4, 0.5) is 5.69 Å². The maximum absolute atomic E-state index is 13.7. The Balaban J connectivity index is 1.17. The van der Waals surface area contributed by atoms with Gasteiger partial charge in [0.1, 0.15) is 6.04 Å². The van der Waals surface area contributed by atoms with Crippen molar-refractivity contribution in [2.75, 3.05) is 11.1 Å². The molecule has 12 heteroatoms. The molecule has 0 bridgehead atoms. The van der Waals surface area contributed by atoms with Gasteiger partial charge in [0.25, 0.3) is 0 Å². The van der Waals surface area contributed by atoms with Crippen LogP contribution < -0.4 is 10.0 Å². The van der Waals surface area contributed by atoms with Crippen molar-refractivity contribution in [3.63, 3.8) is 0 Å². The molecule has 4 atom stereocenters. The topological polar surface area (TPSA) is 151 Å². The van der Waals surface area contributed by atoms with Gasteiger partial charge in [-0.25, -0.2) is 13.2 Å². The van der Waals surface area contributed by atoms with Crippen molar-refractivity contribution < 1.29 is 37.7 Å². The Morgan fingerprint density at radius 3 is 2.11 bits per heavy atom. The van der Waals surface area contributed by atoms with Crippen LogP contribution >= 0.6 is 11.8 Å². The van der Waals surface area contributed by atoms with Crippen LogP contribution in [0.2, 0.25) is 0 Å². The lowest BCUT2D eigenvalue weighted by Crippen LogP contribution is -2.45. The monoisotopic (exact) mass is 752 g/mol. The Bertz CT molecular complexity index is 2090. The van der Waals surface area contributed by atoms with Gasteiger partial charge in [0, 0.05) is 28.3 Å². The molecule has 1 saturated heterocycles. The van der Waals surface area contributed by atoms with Crippen LogP contribution in [0, 0.1) is 6.92 Å². The Hall–Kier alpha value is -4.82. The number of anilines is 1. The summed E-state index contributed by atoms with van der Waals surface area (Å²) < 4.78 is 42.1. The summed E-state index contributed by atoms with van der Waals surface area (Å²) in [6.07, 6.45) is -0.544. The minimum atomic E-state index is -4.00. The Morgan fingerprint density at radius 2 is 1.47 bits per heavy atom. The van der Waals surface area contributed by atoms with E-state index >= 15 is 0 Å². The number of aliphatic hydroxyl groups is 1. The second-order valence-electron chi connectivity index (χ2n) is 12.8. The zero-order valence-electron chi connectivity index (χ0n) is 28.9. The molecule has 0 saturated carbocycles. The van der Waals surface area contributed by atoms with Crippen molar-refractivity contribution in [2.24, 2.45) is 0 Å². The zero-order chi connectivity index (χ0) is 37.4. The molecule has 1 heterocycles. The van der Waals surface area contributed by atoms with E-state index < -0.39 is 34.2 Å². The molecule has 4 N–H and O–H groups in total. The number of carboxylic acids is 1. The summed E-state index contributed by atoms with van der Waals surface area (Å²) in [6.45, 7) is 1.80. The molecule has 1 aliphatic heterocycles. The van der Waals surface area contributed by atoms with Crippen LogP contribution in [0.3, 0.4) is 0 Å². The van der Waals surface area contributed by atoms with Gasteiger partial charge in [-0.1, -0.05) is 84.4 Å². The number of thioether (sulfide) groups is 1. The lowest BCUT2D eigenvalue weighted by molar-refractivity contribution is -0.245. The highest BCUT2D eigenvalue weighted by atomic mass is 32.2. The van der Waals surface area contributed by atoms with Crippen LogP contribution in [0.1, 0.15) is 57.0 Å². The molecule has 0 spiro atoms. The molecule has 1 fully saturated rings. The van der Waals surface area contributed by atoms with Crippen LogP contribution in [0.15, 0.2) is 137 Å². The largest absolute Gasteiger partial charge is 0.478 e. The van der Waals surface area contributed by atoms with E-state index in [1.54, 1.807) is 72.4 Å².